The van der Waals surface area contributed by atoms with E-state index in [1.165, 1.54) is 0 Å². The highest BCUT2D eigenvalue weighted by molar-refractivity contribution is 6.22. The molecule has 0 saturated carbocycles. The number of ether oxygens (including phenoxy) is 1. The molecule has 1 aliphatic heterocycles. The molecule has 1 aromatic rings. The second-order valence-corrected chi connectivity index (χ2v) is 6.58. The van der Waals surface area contributed by atoms with Crippen molar-refractivity contribution in [1.82, 2.24) is 4.90 Å². The Labute approximate surface area is 145 Å². The van der Waals surface area contributed by atoms with Gasteiger partial charge in [-0.15, -0.1) is 0 Å². The number of aromatic hydroxyl groups is 1. The number of hydrogen-bond acceptors (Lipinski definition) is 4. The van der Waals surface area contributed by atoms with Crippen LogP contribution in [0.5, 0.6) is 5.75 Å². The number of allylic oxidation sites excluding steroid dienone is 1. The van der Waals surface area contributed by atoms with Gasteiger partial charge in [0.15, 0.2) is 0 Å². The van der Waals surface area contributed by atoms with Gasteiger partial charge < -0.3 is 20.2 Å². The molecule has 1 heterocycles. The van der Waals surface area contributed by atoms with E-state index in [1.54, 1.807) is 12.1 Å². The molecule has 1 fully saturated rings. The van der Waals surface area contributed by atoms with Gasteiger partial charge in [-0.1, -0.05) is 25.5 Å². The summed E-state index contributed by atoms with van der Waals surface area (Å²) in [6.45, 7) is 4.86. The fourth-order valence-electron chi connectivity index (χ4n) is 2.96. The van der Waals surface area contributed by atoms with Crippen LogP contribution in [0, 0.1) is 5.41 Å². The van der Waals surface area contributed by atoms with Crippen molar-refractivity contribution < 1.29 is 9.84 Å². The largest absolute Gasteiger partial charge is 0.508 e. The van der Waals surface area contributed by atoms with Crippen LogP contribution in [0.25, 0.3) is 5.57 Å². The number of benzene rings is 1. The van der Waals surface area contributed by atoms with Gasteiger partial charge in [0.2, 0.25) is 0 Å². The Hall–Kier alpha value is -1.65. The van der Waals surface area contributed by atoms with Crippen molar-refractivity contribution in [2.75, 3.05) is 26.7 Å². The van der Waals surface area contributed by atoms with E-state index in [2.05, 4.69) is 18.9 Å². The summed E-state index contributed by atoms with van der Waals surface area (Å²) in [5, 5.41) is 17.9. The average molecular weight is 330 g/mol. The maximum Gasteiger partial charge on any atom is 0.115 e. The van der Waals surface area contributed by atoms with Crippen molar-refractivity contribution in [1.29, 1.82) is 5.41 Å². The second-order valence-electron chi connectivity index (χ2n) is 6.58. The Balaban J connectivity index is 2.01. The SMILES string of the molecule is CCCCC(=N)/C(=C\COC1CCN(C)CC1)c1ccc(O)cc1. The van der Waals surface area contributed by atoms with E-state index in [4.69, 9.17) is 10.1 Å². The van der Waals surface area contributed by atoms with Gasteiger partial charge in [-0.3, -0.25) is 0 Å². The minimum atomic E-state index is 0.251. The molecular weight excluding hydrogens is 300 g/mol. The Morgan fingerprint density at radius 1 is 1.29 bits per heavy atom. The summed E-state index contributed by atoms with van der Waals surface area (Å²) in [6.07, 6.45) is 7.38. The molecule has 1 saturated heterocycles. The number of phenolic OH excluding ortho intramolecular Hbond substituents is 1. The fraction of sp³-hybridized carbons (Fsp3) is 0.550. The summed E-state index contributed by atoms with van der Waals surface area (Å²) in [5.41, 5.74) is 2.55. The maximum absolute atomic E-state index is 9.48. The van der Waals surface area contributed by atoms with Crippen molar-refractivity contribution in [3.8, 4) is 5.75 Å². The van der Waals surface area contributed by atoms with Crippen molar-refractivity contribution in [2.24, 2.45) is 0 Å². The van der Waals surface area contributed by atoms with Crippen LogP contribution in [0.2, 0.25) is 0 Å². The minimum Gasteiger partial charge on any atom is -0.508 e. The summed E-state index contributed by atoms with van der Waals surface area (Å²) in [7, 11) is 2.15. The van der Waals surface area contributed by atoms with Crippen molar-refractivity contribution in [3.63, 3.8) is 0 Å². The first-order valence-corrected chi connectivity index (χ1v) is 8.97. The predicted molar refractivity (Wildman–Crippen MR) is 99.8 cm³/mol. The van der Waals surface area contributed by atoms with E-state index < -0.39 is 0 Å². The van der Waals surface area contributed by atoms with Gasteiger partial charge in [-0.2, -0.15) is 0 Å². The van der Waals surface area contributed by atoms with E-state index in [1.807, 2.05) is 18.2 Å². The van der Waals surface area contributed by atoms with E-state index in [0.29, 0.717) is 18.4 Å². The van der Waals surface area contributed by atoms with Crippen molar-refractivity contribution in [2.45, 2.75) is 45.1 Å². The predicted octanol–water partition coefficient (Wildman–Crippen LogP) is 4.10. The third-order valence-corrected chi connectivity index (χ3v) is 4.57. The molecule has 132 valence electrons. The van der Waals surface area contributed by atoms with Crippen LogP contribution in [0.1, 0.15) is 44.6 Å². The third-order valence-electron chi connectivity index (χ3n) is 4.57. The molecule has 0 amide bonds. The topological polar surface area (TPSA) is 56.5 Å². The molecule has 2 rings (SSSR count). The van der Waals surface area contributed by atoms with Crippen molar-refractivity contribution in [3.05, 3.63) is 35.9 Å². The number of nitrogens with zero attached hydrogens (tertiary/aromatic N) is 1. The monoisotopic (exact) mass is 330 g/mol. The molecule has 0 bridgehead atoms. The molecule has 0 spiro atoms. The van der Waals surface area contributed by atoms with Gasteiger partial charge in [0, 0.05) is 24.4 Å². The lowest BCUT2D eigenvalue weighted by Gasteiger charge is -2.28. The van der Waals surface area contributed by atoms with Gasteiger partial charge in [0.1, 0.15) is 5.75 Å². The zero-order chi connectivity index (χ0) is 17.4. The van der Waals surface area contributed by atoms with Gasteiger partial charge in [-0.05, 0) is 56.5 Å². The van der Waals surface area contributed by atoms with Gasteiger partial charge in [-0.25, -0.2) is 0 Å². The number of hydrogen-bond donors (Lipinski definition) is 2. The highest BCUT2D eigenvalue weighted by Gasteiger charge is 2.16. The first-order valence-electron chi connectivity index (χ1n) is 8.97. The van der Waals surface area contributed by atoms with E-state index in [0.717, 1.165) is 56.3 Å². The number of piperidine rings is 1. The average Bonchev–Trinajstić information content (AvgIpc) is 2.59. The molecule has 1 aromatic carbocycles. The molecular formula is C20H30N2O2. The normalized spacial score (nSPS) is 17.2. The van der Waals surface area contributed by atoms with Crippen LogP contribution >= 0.6 is 0 Å². The molecule has 0 radical (unpaired) electrons. The first-order chi connectivity index (χ1) is 11.6. The van der Waals surface area contributed by atoms with Crippen LogP contribution in [0.15, 0.2) is 30.3 Å². The van der Waals surface area contributed by atoms with Gasteiger partial charge >= 0.3 is 0 Å². The highest BCUT2D eigenvalue weighted by Crippen LogP contribution is 2.22. The Kier molecular flexibility index (Phi) is 7.47. The number of unbranched alkanes of at least 4 members (excludes halogenated alkanes) is 1. The lowest BCUT2D eigenvalue weighted by atomic mass is 9.97. The number of phenols is 1. The Morgan fingerprint density at radius 2 is 1.96 bits per heavy atom. The molecule has 0 atom stereocenters. The maximum atomic E-state index is 9.48. The Morgan fingerprint density at radius 3 is 2.58 bits per heavy atom. The third kappa shape index (κ3) is 5.77. The molecule has 0 aromatic heterocycles. The van der Waals surface area contributed by atoms with Crippen molar-refractivity contribution >= 4 is 11.3 Å². The van der Waals surface area contributed by atoms with Crippen LogP contribution < -0.4 is 0 Å². The molecule has 0 unspecified atom stereocenters. The quantitative estimate of drug-likeness (QED) is 0.706. The molecule has 1 aliphatic rings. The van der Waals surface area contributed by atoms with Gasteiger partial charge in [0.05, 0.1) is 12.7 Å². The molecule has 2 N–H and O–H groups in total. The summed E-state index contributed by atoms with van der Waals surface area (Å²) < 4.78 is 6.01. The van der Waals surface area contributed by atoms with E-state index in [9.17, 15) is 5.11 Å². The number of likely N-dealkylation sites (tertiary alicyclic amines) is 1. The summed E-state index contributed by atoms with van der Waals surface area (Å²) in [6, 6.07) is 7.09. The minimum absolute atomic E-state index is 0.251. The van der Waals surface area contributed by atoms with E-state index >= 15 is 0 Å². The second kappa shape index (κ2) is 9.60. The molecule has 24 heavy (non-hydrogen) atoms. The summed E-state index contributed by atoms with van der Waals surface area (Å²) >= 11 is 0. The molecule has 4 heteroatoms. The van der Waals surface area contributed by atoms with Crippen LogP contribution in [0.4, 0.5) is 0 Å². The smallest absolute Gasteiger partial charge is 0.115 e. The van der Waals surface area contributed by atoms with Crippen LogP contribution in [-0.4, -0.2) is 48.6 Å². The molecule has 4 nitrogen and oxygen atoms in total. The lowest BCUT2D eigenvalue weighted by molar-refractivity contribution is 0.0281. The van der Waals surface area contributed by atoms with E-state index in [-0.39, 0.29) is 5.75 Å². The van der Waals surface area contributed by atoms with Crippen LogP contribution in [0.3, 0.4) is 0 Å². The van der Waals surface area contributed by atoms with Gasteiger partial charge in [0.25, 0.3) is 0 Å². The number of rotatable bonds is 8. The first kappa shape index (κ1) is 18.7. The summed E-state index contributed by atoms with van der Waals surface area (Å²) in [5.74, 6) is 0.251. The number of nitrogens with one attached hydrogen (secondary N) is 1. The summed E-state index contributed by atoms with van der Waals surface area (Å²) in [4.78, 5) is 2.33. The Bertz CT molecular complexity index is 543. The fourth-order valence-corrected chi connectivity index (χ4v) is 2.96. The van der Waals surface area contributed by atoms with Crippen LogP contribution in [-0.2, 0) is 4.74 Å². The zero-order valence-electron chi connectivity index (χ0n) is 14.9. The highest BCUT2D eigenvalue weighted by atomic mass is 16.5. The lowest BCUT2D eigenvalue weighted by Crippen LogP contribution is -2.34. The standard InChI is InChI=1S/C20H30N2O2/c1-3-4-5-20(21)19(16-6-8-17(23)9-7-16)12-15-24-18-10-13-22(2)14-11-18/h6-9,12,18,21,23H,3-5,10-11,13-15H2,1-2H3/b19-12-,21-20?. The molecule has 0 aliphatic carbocycles. The zero-order valence-corrected chi connectivity index (χ0v) is 14.9.